The fraction of sp³-hybridized carbons (Fsp3) is 0.947. The van der Waals surface area contributed by atoms with Crippen LogP contribution in [0.3, 0.4) is 0 Å². The zero-order chi connectivity index (χ0) is 16.9. The van der Waals surface area contributed by atoms with E-state index < -0.39 is 5.60 Å². The maximum Gasteiger partial charge on any atom is 0.410 e. The van der Waals surface area contributed by atoms with E-state index in [1.54, 1.807) is 0 Å². The number of carbonyl (C=O) groups excluding carboxylic acids is 1. The Kier molecular flexibility index (Phi) is 6.75. The van der Waals surface area contributed by atoms with Crippen molar-refractivity contribution in [2.24, 2.45) is 5.92 Å². The number of carbonyl (C=O) groups is 1. The molecule has 0 heterocycles. The van der Waals surface area contributed by atoms with Crippen molar-refractivity contribution in [3.8, 4) is 0 Å². The second-order valence-electron chi connectivity index (χ2n) is 8.51. The van der Waals surface area contributed by atoms with E-state index in [0.29, 0.717) is 12.1 Å². The molecule has 1 N–H and O–H groups in total. The van der Waals surface area contributed by atoms with Gasteiger partial charge in [-0.05, 0) is 71.8 Å². The Labute approximate surface area is 142 Å². The summed E-state index contributed by atoms with van der Waals surface area (Å²) in [6.45, 7) is 6.96. The van der Waals surface area contributed by atoms with Gasteiger partial charge in [0.1, 0.15) is 5.60 Å². The molecule has 4 heteroatoms. The maximum absolute atomic E-state index is 12.2. The van der Waals surface area contributed by atoms with E-state index in [-0.39, 0.29) is 6.09 Å². The van der Waals surface area contributed by atoms with Gasteiger partial charge in [0.2, 0.25) is 0 Å². The standard InChI is InChI=1S/C19H36N2O2/c1-19(2,3)23-18(22)21(4)17-12-10-16(11-13-17)20-14-15-8-6-5-7-9-15/h15-17,20H,5-14H2,1-4H3. The first-order valence-corrected chi connectivity index (χ1v) is 9.54. The third kappa shape index (κ3) is 6.33. The van der Waals surface area contributed by atoms with E-state index in [2.05, 4.69) is 5.32 Å². The van der Waals surface area contributed by atoms with Crippen molar-refractivity contribution in [3.05, 3.63) is 0 Å². The number of nitrogens with zero attached hydrogens (tertiary/aromatic N) is 1. The zero-order valence-corrected chi connectivity index (χ0v) is 15.6. The van der Waals surface area contributed by atoms with Gasteiger partial charge >= 0.3 is 6.09 Å². The molecule has 2 rings (SSSR count). The molecule has 0 unspecified atom stereocenters. The van der Waals surface area contributed by atoms with Crippen LogP contribution in [-0.2, 0) is 4.74 Å². The first-order chi connectivity index (χ1) is 10.8. The number of hydrogen-bond acceptors (Lipinski definition) is 3. The van der Waals surface area contributed by atoms with E-state index in [1.807, 2.05) is 32.7 Å². The number of rotatable bonds is 4. The first-order valence-electron chi connectivity index (χ1n) is 9.54. The van der Waals surface area contributed by atoms with Gasteiger partial charge in [-0.2, -0.15) is 0 Å². The topological polar surface area (TPSA) is 41.6 Å². The summed E-state index contributed by atoms with van der Waals surface area (Å²) in [5.74, 6) is 0.894. The quantitative estimate of drug-likeness (QED) is 0.836. The normalized spacial score (nSPS) is 26.8. The van der Waals surface area contributed by atoms with Gasteiger partial charge in [-0.25, -0.2) is 4.79 Å². The summed E-state index contributed by atoms with van der Waals surface area (Å²) < 4.78 is 5.48. The number of amides is 1. The molecule has 2 fully saturated rings. The van der Waals surface area contributed by atoms with Crippen LogP contribution in [0.25, 0.3) is 0 Å². The van der Waals surface area contributed by atoms with Gasteiger partial charge in [0, 0.05) is 19.1 Å². The Bertz CT molecular complexity index is 364. The lowest BCUT2D eigenvalue weighted by atomic mass is 9.87. The molecule has 134 valence electrons. The molecule has 0 aromatic carbocycles. The van der Waals surface area contributed by atoms with Gasteiger partial charge in [-0.15, -0.1) is 0 Å². The van der Waals surface area contributed by atoms with Crippen molar-refractivity contribution in [2.75, 3.05) is 13.6 Å². The van der Waals surface area contributed by atoms with Gasteiger partial charge in [0.05, 0.1) is 0 Å². The third-order valence-corrected chi connectivity index (χ3v) is 5.35. The fourth-order valence-electron chi connectivity index (χ4n) is 3.87. The van der Waals surface area contributed by atoms with E-state index in [1.165, 1.54) is 51.5 Å². The largest absolute Gasteiger partial charge is 0.444 e. The van der Waals surface area contributed by atoms with Gasteiger partial charge in [0.25, 0.3) is 0 Å². The molecular formula is C19H36N2O2. The highest BCUT2D eigenvalue weighted by Gasteiger charge is 2.29. The monoisotopic (exact) mass is 324 g/mol. The number of nitrogens with one attached hydrogen (secondary N) is 1. The minimum Gasteiger partial charge on any atom is -0.444 e. The number of hydrogen-bond donors (Lipinski definition) is 1. The SMILES string of the molecule is CN(C(=O)OC(C)(C)C)C1CCC(NCC2CCCCC2)CC1. The summed E-state index contributed by atoms with van der Waals surface area (Å²) in [6.07, 6.45) is 11.4. The predicted molar refractivity (Wildman–Crippen MR) is 94.6 cm³/mol. The Balaban J connectivity index is 1.67. The van der Waals surface area contributed by atoms with Crippen LogP contribution >= 0.6 is 0 Å². The van der Waals surface area contributed by atoms with E-state index in [9.17, 15) is 4.79 Å². The lowest BCUT2D eigenvalue weighted by Crippen LogP contribution is -2.45. The van der Waals surface area contributed by atoms with E-state index in [0.717, 1.165) is 18.8 Å². The molecule has 0 aromatic rings. The highest BCUT2D eigenvalue weighted by molar-refractivity contribution is 5.68. The molecule has 2 aliphatic carbocycles. The molecule has 0 aromatic heterocycles. The summed E-state index contributed by atoms with van der Waals surface area (Å²) >= 11 is 0. The van der Waals surface area contributed by atoms with Crippen molar-refractivity contribution < 1.29 is 9.53 Å². The second kappa shape index (κ2) is 8.36. The number of ether oxygens (including phenoxy) is 1. The lowest BCUT2D eigenvalue weighted by Gasteiger charge is -2.36. The minimum absolute atomic E-state index is 0.184. The Morgan fingerprint density at radius 2 is 1.65 bits per heavy atom. The van der Waals surface area contributed by atoms with Gasteiger partial charge in [0.15, 0.2) is 0 Å². The predicted octanol–water partition coefficient (Wildman–Crippen LogP) is 4.33. The molecule has 23 heavy (non-hydrogen) atoms. The molecule has 0 saturated heterocycles. The molecule has 4 nitrogen and oxygen atoms in total. The van der Waals surface area contributed by atoms with Crippen LogP contribution in [0, 0.1) is 5.92 Å². The van der Waals surface area contributed by atoms with Crippen LogP contribution in [0.4, 0.5) is 4.79 Å². The molecule has 2 saturated carbocycles. The molecule has 1 amide bonds. The van der Waals surface area contributed by atoms with Crippen LogP contribution in [-0.4, -0.2) is 42.3 Å². The fourth-order valence-corrected chi connectivity index (χ4v) is 3.87. The Morgan fingerprint density at radius 3 is 2.22 bits per heavy atom. The van der Waals surface area contributed by atoms with E-state index in [4.69, 9.17) is 4.74 Å². The van der Waals surface area contributed by atoms with Crippen molar-refractivity contribution in [3.63, 3.8) is 0 Å². The van der Waals surface area contributed by atoms with E-state index >= 15 is 0 Å². The smallest absolute Gasteiger partial charge is 0.410 e. The van der Waals surface area contributed by atoms with Crippen LogP contribution in [0.2, 0.25) is 0 Å². The van der Waals surface area contributed by atoms with Gasteiger partial charge in [-0.1, -0.05) is 19.3 Å². The van der Waals surface area contributed by atoms with Gasteiger partial charge in [-0.3, -0.25) is 0 Å². The molecule has 2 aliphatic rings. The zero-order valence-electron chi connectivity index (χ0n) is 15.6. The average Bonchev–Trinajstić information content (AvgIpc) is 2.52. The molecule has 0 spiro atoms. The first kappa shape index (κ1) is 18.6. The Hall–Kier alpha value is -0.770. The van der Waals surface area contributed by atoms with Crippen LogP contribution < -0.4 is 5.32 Å². The summed E-state index contributed by atoms with van der Waals surface area (Å²) in [6, 6.07) is 0.970. The van der Waals surface area contributed by atoms with Crippen LogP contribution in [0.1, 0.15) is 78.6 Å². The molecule has 0 aliphatic heterocycles. The van der Waals surface area contributed by atoms with Crippen molar-refractivity contribution in [1.82, 2.24) is 10.2 Å². The maximum atomic E-state index is 12.2. The average molecular weight is 325 g/mol. The van der Waals surface area contributed by atoms with Crippen molar-refractivity contribution >= 4 is 6.09 Å². The summed E-state index contributed by atoms with van der Waals surface area (Å²) in [5, 5.41) is 3.78. The van der Waals surface area contributed by atoms with Crippen molar-refractivity contribution in [1.29, 1.82) is 0 Å². The van der Waals surface area contributed by atoms with Gasteiger partial charge < -0.3 is 15.0 Å². The van der Waals surface area contributed by atoms with Crippen molar-refractivity contribution in [2.45, 2.75) is 96.2 Å². The molecular weight excluding hydrogens is 288 g/mol. The summed E-state index contributed by atoms with van der Waals surface area (Å²) in [5.41, 5.74) is -0.413. The van der Waals surface area contributed by atoms with Crippen LogP contribution in [0.5, 0.6) is 0 Å². The molecule has 0 atom stereocenters. The minimum atomic E-state index is -0.413. The lowest BCUT2D eigenvalue weighted by molar-refractivity contribution is 0.0179. The Morgan fingerprint density at radius 1 is 1.04 bits per heavy atom. The van der Waals surface area contributed by atoms with Crippen LogP contribution in [0.15, 0.2) is 0 Å². The molecule has 0 radical (unpaired) electrons. The second-order valence-corrected chi connectivity index (χ2v) is 8.51. The summed E-state index contributed by atoms with van der Waals surface area (Å²) in [4.78, 5) is 14.0. The molecule has 0 bridgehead atoms. The summed E-state index contributed by atoms with van der Waals surface area (Å²) in [7, 11) is 1.88. The highest BCUT2D eigenvalue weighted by atomic mass is 16.6. The highest BCUT2D eigenvalue weighted by Crippen LogP contribution is 2.26. The third-order valence-electron chi connectivity index (χ3n) is 5.35.